The second kappa shape index (κ2) is 11.6. The lowest BCUT2D eigenvalue weighted by Gasteiger charge is -2.27. The molecule has 0 unspecified atom stereocenters. The zero-order valence-corrected chi connectivity index (χ0v) is 29.4. The summed E-state index contributed by atoms with van der Waals surface area (Å²) in [4.78, 5) is 4.93. The van der Waals surface area contributed by atoms with E-state index in [1.54, 1.807) is 0 Å². The first kappa shape index (κ1) is 30.0. The van der Waals surface area contributed by atoms with Crippen LogP contribution in [0.1, 0.15) is 25.0 Å². The topological polar surface area (TPSA) is 3.24 Å². The Labute approximate surface area is 302 Å². The smallest absolute Gasteiger partial charge is 0.0468 e. The first-order chi connectivity index (χ1) is 25.0. The van der Waals surface area contributed by atoms with Crippen LogP contribution in [0.2, 0.25) is 0 Å². The van der Waals surface area contributed by atoms with Gasteiger partial charge in [0.05, 0.1) is 0 Å². The molecule has 0 saturated carbocycles. The number of fused-ring (bicyclic) bond motifs is 7. The van der Waals surface area contributed by atoms with Gasteiger partial charge in [-0.2, -0.15) is 0 Å². The summed E-state index contributed by atoms with van der Waals surface area (Å²) in [6.07, 6.45) is 0. The molecule has 0 atom stereocenters. The summed E-state index contributed by atoms with van der Waals surface area (Å²) in [7, 11) is 0. The lowest BCUT2D eigenvalue weighted by molar-refractivity contribution is 0.662. The van der Waals surface area contributed by atoms with Crippen molar-refractivity contribution in [2.24, 2.45) is 0 Å². The number of benzene rings is 9. The predicted molar refractivity (Wildman–Crippen MR) is 219 cm³/mol. The molecule has 9 aromatic rings. The summed E-state index contributed by atoms with van der Waals surface area (Å²) >= 11 is 1.82. The van der Waals surface area contributed by atoms with E-state index in [0.717, 1.165) is 17.1 Å². The zero-order chi connectivity index (χ0) is 34.1. The molecular weight excluding hydrogens is 635 g/mol. The molecule has 1 aliphatic carbocycles. The van der Waals surface area contributed by atoms with Crippen LogP contribution in [-0.2, 0) is 5.41 Å². The second-order valence-corrected chi connectivity index (χ2v) is 15.4. The maximum absolute atomic E-state index is 2.45. The van der Waals surface area contributed by atoms with E-state index in [-0.39, 0.29) is 5.41 Å². The maximum Gasteiger partial charge on any atom is 0.0468 e. The van der Waals surface area contributed by atoms with Gasteiger partial charge < -0.3 is 4.90 Å². The minimum atomic E-state index is -0.123. The van der Waals surface area contributed by atoms with Crippen molar-refractivity contribution in [1.29, 1.82) is 0 Å². The van der Waals surface area contributed by atoms with Crippen LogP contribution in [0.15, 0.2) is 186 Å². The summed E-state index contributed by atoms with van der Waals surface area (Å²) < 4.78 is 0. The van der Waals surface area contributed by atoms with Crippen LogP contribution in [-0.4, -0.2) is 0 Å². The monoisotopic (exact) mass is 669 g/mol. The molecule has 0 heterocycles. The summed E-state index contributed by atoms with van der Waals surface area (Å²) in [5, 5.41) is 10.0. The van der Waals surface area contributed by atoms with E-state index in [9.17, 15) is 0 Å². The van der Waals surface area contributed by atoms with Crippen molar-refractivity contribution in [3.63, 3.8) is 0 Å². The lowest BCUT2D eigenvalue weighted by atomic mass is 9.81. The Morgan fingerprint density at radius 2 is 0.784 bits per heavy atom. The third-order valence-corrected chi connectivity index (χ3v) is 11.8. The van der Waals surface area contributed by atoms with Crippen LogP contribution in [0.4, 0.5) is 17.1 Å². The van der Waals surface area contributed by atoms with E-state index in [4.69, 9.17) is 0 Å². The Morgan fingerprint density at radius 3 is 1.35 bits per heavy atom. The maximum atomic E-state index is 2.45. The standard InChI is InChI=1S/C49H35NS/c1-49(2)47-30-38-26-42(50(40-20-16-32-10-6-8-12-34(32)24-40)41-21-17-33-11-7-9-13-35(33)25-41)22-18-36(38)28-45(47)46-29-37-19-23-44(27-39(37)31-48(46)49)51-43-14-4-3-5-15-43/h3-31H,1-2H3. The molecule has 0 aromatic heterocycles. The van der Waals surface area contributed by atoms with E-state index in [0.29, 0.717) is 0 Å². The van der Waals surface area contributed by atoms with Gasteiger partial charge in [-0.1, -0.05) is 117 Å². The van der Waals surface area contributed by atoms with Crippen molar-refractivity contribution in [2.75, 3.05) is 4.90 Å². The molecule has 1 aliphatic rings. The van der Waals surface area contributed by atoms with Gasteiger partial charge in [-0.15, -0.1) is 0 Å². The molecule has 0 aliphatic heterocycles. The van der Waals surface area contributed by atoms with Crippen LogP contribution in [0.5, 0.6) is 0 Å². The predicted octanol–water partition coefficient (Wildman–Crippen LogP) is 14.2. The minimum absolute atomic E-state index is 0.123. The van der Waals surface area contributed by atoms with Gasteiger partial charge in [0.15, 0.2) is 0 Å². The molecule has 0 saturated heterocycles. The zero-order valence-electron chi connectivity index (χ0n) is 28.6. The van der Waals surface area contributed by atoms with Gasteiger partial charge in [-0.25, -0.2) is 0 Å². The fourth-order valence-electron chi connectivity index (χ4n) is 8.09. The highest BCUT2D eigenvalue weighted by molar-refractivity contribution is 7.99. The normalized spacial score (nSPS) is 13.1. The highest BCUT2D eigenvalue weighted by atomic mass is 32.2. The average Bonchev–Trinajstić information content (AvgIpc) is 3.37. The largest absolute Gasteiger partial charge is 0.310 e. The van der Waals surface area contributed by atoms with Crippen LogP contribution < -0.4 is 4.90 Å². The molecule has 242 valence electrons. The Balaban J connectivity index is 1.09. The molecule has 0 bridgehead atoms. The first-order valence-electron chi connectivity index (χ1n) is 17.7. The molecule has 10 rings (SSSR count). The molecule has 2 heteroatoms. The number of nitrogens with zero attached hydrogens (tertiary/aromatic N) is 1. The highest BCUT2D eigenvalue weighted by Crippen LogP contribution is 2.52. The summed E-state index contributed by atoms with van der Waals surface area (Å²) in [6, 6.07) is 65.0. The summed E-state index contributed by atoms with van der Waals surface area (Å²) in [5.74, 6) is 0. The molecule has 0 radical (unpaired) electrons. The van der Waals surface area contributed by atoms with Crippen LogP contribution >= 0.6 is 11.8 Å². The molecular formula is C49H35NS. The quantitative estimate of drug-likeness (QED) is 0.179. The Kier molecular flexibility index (Phi) is 6.84. The average molecular weight is 670 g/mol. The van der Waals surface area contributed by atoms with E-state index in [1.807, 2.05) is 11.8 Å². The van der Waals surface area contributed by atoms with Crippen molar-refractivity contribution < 1.29 is 0 Å². The van der Waals surface area contributed by atoms with Crippen LogP contribution in [0.25, 0.3) is 54.2 Å². The highest BCUT2D eigenvalue weighted by Gasteiger charge is 2.36. The Morgan fingerprint density at radius 1 is 0.353 bits per heavy atom. The Bertz CT molecular complexity index is 2740. The third-order valence-electron chi connectivity index (χ3n) is 10.8. The van der Waals surface area contributed by atoms with Gasteiger partial charge in [-0.05, 0) is 150 Å². The molecule has 0 N–H and O–H groups in total. The molecule has 51 heavy (non-hydrogen) atoms. The third kappa shape index (κ3) is 5.09. The lowest BCUT2D eigenvalue weighted by Crippen LogP contribution is -2.15. The summed E-state index contributed by atoms with van der Waals surface area (Å²) in [6.45, 7) is 4.77. The second-order valence-electron chi connectivity index (χ2n) is 14.3. The van der Waals surface area contributed by atoms with Crippen LogP contribution in [0, 0.1) is 0 Å². The number of anilines is 3. The van der Waals surface area contributed by atoms with Crippen molar-refractivity contribution in [2.45, 2.75) is 29.1 Å². The van der Waals surface area contributed by atoms with Crippen molar-refractivity contribution in [3.8, 4) is 11.1 Å². The van der Waals surface area contributed by atoms with Crippen molar-refractivity contribution in [3.05, 3.63) is 187 Å². The fourth-order valence-corrected chi connectivity index (χ4v) is 8.98. The fraction of sp³-hybridized carbons (Fsp3) is 0.0612. The van der Waals surface area contributed by atoms with Gasteiger partial charge >= 0.3 is 0 Å². The van der Waals surface area contributed by atoms with Crippen molar-refractivity contribution >= 4 is 71.9 Å². The van der Waals surface area contributed by atoms with E-state index >= 15 is 0 Å². The van der Waals surface area contributed by atoms with Gasteiger partial charge in [-0.3, -0.25) is 0 Å². The molecule has 9 aromatic carbocycles. The van der Waals surface area contributed by atoms with Crippen molar-refractivity contribution in [1.82, 2.24) is 0 Å². The first-order valence-corrected chi connectivity index (χ1v) is 18.5. The van der Waals surface area contributed by atoms with E-state index in [2.05, 4.69) is 195 Å². The van der Waals surface area contributed by atoms with E-state index < -0.39 is 0 Å². The number of hydrogen-bond donors (Lipinski definition) is 0. The summed E-state index contributed by atoms with van der Waals surface area (Å²) in [5.41, 5.74) is 8.81. The minimum Gasteiger partial charge on any atom is -0.310 e. The molecule has 0 fully saturated rings. The molecule has 1 nitrogen and oxygen atoms in total. The SMILES string of the molecule is CC1(C)c2cc3cc(Sc4ccccc4)ccc3cc2-c2cc3ccc(N(c4ccc5ccccc5c4)c4ccc5ccccc5c4)cc3cc21. The van der Waals surface area contributed by atoms with Gasteiger partial charge in [0.1, 0.15) is 0 Å². The Hall–Kier alpha value is -5.83. The van der Waals surface area contributed by atoms with E-state index in [1.165, 1.54) is 75.1 Å². The molecule has 0 amide bonds. The molecule has 0 spiro atoms. The van der Waals surface area contributed by atoms with Gasteiger partial charge in [0, 0.05) is 32.3 Å². The number of rotatable bonds is 5. The van der Waals surface area contributed by atoms with Gasteiger partial charge in [0.25, 0.3) is 0 Å². The number of hydrogen-bond acceptors (Lipinski definition) is 2. The van der Waals surface area contributed by atoms with Gasteiger partial charge in [0.2, 0.25) is 0 Å². The van der Waals surface area contributed by atoms with Crippen LogP contribution in [0.3, 0.4) is 0 Å².